The van der Waals surface area contributed by atoms with Crippen molar-refractivity contribution in [3.63, 3.8) is 0 Å². The van der Waals surface area contributed by atoms with Gasteiger partial charge in [0.1, 0.15) is 5.75 Å². The molecule has 1 aromatic heterocycles. The summed E-state index contributed by atoms with van der Waals surface area (Å²) in [6.07, 6.45) is 2.67. The second kappa shape index (κ2) is 8.43. The van der Waals surface area contributed by atoms with Gasteiger partial charge in [-0.1, -0.05) is 18.2 Å². The van der Waals surface area contributed by atoms with Crippen LogP contribution in [0.1, 0.15) is 15.9 Å². The number of benzene rings is 2. The van der Waals surface area contributed by atoms with E-state index in [-0.39, 0.29) is 23.5 Å². The van der Waals surface area contributed by atoms with Crippen molar-refractivity contribution in [2.24, 2.45) is 0 Å². The Morgan fingerprint density at radius 2 is 1.86 bits per heavy atom. The van der Waals surface area contributed by atoms with Crippen LogP contribution in [0.15, 0.2) is 54.9 Å². The lowest BCUT2D eigenvalue weighted by Crippen LogP contribution is -2.23. The van der Waals surface area contributed by atoms with Crippen molar-refractivity contribution in [3.8, 4) is 5.75 Å². The smallest absolute Gasteiger partial charge is 0.253 e. The molecule has 0 aliphatic carbocycles. The SMILES string of the molecule is COc1ccccc1CNC(=O)c1cncc(Nc2ccc(F)c(F)c2F)c1. The maximum absolute atomic E-state index is 13.8. The summed E-state index contributed by atoms with van der Waals surface area (Å²) in [6, 6.07) is 10.5. The number of amides is 1. The molecule has 0 atom stereocenters. The van der Waals surface area contributed by atoms with E-state index in [0.29, 0.717) is 5.75 Å². The summed E-state index contributed by atoms with van der Waals surface area (Å²) >= 11 is 0. The Balaban J connectivity index is 1.72. The van der Waals surface area contributed by atoms with Crippen LogP contribution in [0, 0.1) is 17.5 Å². The van der Waals surface area contributed by atoms with Crippen LogP contribution in [0.25, 0.3) is 0 Å². The molecule has 0 aliphatic heterocycles. The molecule has 0 radical (unpaired) electrons. The number of carbonyl (C=O) groups is 1. The summed E-state index contributed by atoms with van der Waals surface area (Å²) in [5.74, 6) is -3.99. The van der Waals surface area contributed by atoms with Gasteiger partial charge in [0.05, 0.1) is 30.2 Å². The maximum Gasteiger partial charge on any atom is 0.253 e. The number of hydrogen-bond donors (Lipinski definition) is 2. The topological polar surface area (TPSA) is 63.2 Å². The Labute approximate surface area is 159 Å². The summed E-state index contributed by atoms with van der Waals surface area (Å²) in [6.45, 7) is 0.234. The molecule has 3 rings (SSSR count). The van der Waals surface area contributed by atoms with Crippen molar-refractivity contribution in [1.29, 1.82) is 0 Å². The highest BCUT2D eigenvalue weighted by Gasteiger charge is 2.14. The van der Waals surface area contributed by atoms with E-state index in [9.17, 15) is 18.0 Å². The van der Waals surface area contributed by atoms with Crippen molar-refractivity contribution in [2.45, 2.75) is 6.54 Å². The highest BCUT2D eigenvalue weighted by molar-refractivity contribution is 5.94. The molecule has 2 aromatic carbocycles. The third kappa shape index (κ3) is 4.22. The minimum atomic E-state index is -1.58. The van der Waals surface area contributed by atoms with Gasteiger partial charge in [-0.05, 0) is 24.3 Å². The van der Waals surface area contributed by atoms with Gasteiger partial charge in [-0.3, -0.25) is 9.78 Å². The number of aromatic nitrogens is 1. The lowest BCUT2D eigenvalue weighted by Gasteiger charge is -2.11. The van der Waals surface area contributed by atoms with Crippen LogP contribution in [-0.2, 0) is 6.54 Å². The summed E-state index contributed by atoms with van der Waals surface area (Å²) in [5.41, 5.74) is 0.981. The first-order chi connectivity index (χ1) is 13.5. The van der Waals surface area contributed by atoms with E-state index in [4.69, 9.17) is 4.74 Å². The molecule has 8 heteroatoms. The molecule has 0 saturated heterocycles. The number of methoxy groups -OCH3 is 1. The molecule has 1 heterocycles. The van der Waals surface area contributed by atoms with Gasteiger partial charge in [0.25, 0.3) is 5.91 Å². The first-order valence-electron chi connectivity index (χ1n) is 8.25. The van der Waals surface area contributed by atoms with Crippen LogP contribution >= 0.6 is 0 Å². The molecule has 28 heavy (non-hydrogen) atoms. The highest BCUT2D eigenvalue weighted by atomic mass is 19.2. The molecule has 0 spiro atoms. The van der Waals surface area contributed by atoms with Crippen LogP contribution in [0.2, 0.25) is 0 Å². The van der Waals surface area contributed by atoms with Crippen molar-refractivity contribution in [3.05, 3.63) is 83.4 Å². The normalized spacial score (nSPS) is 10.4. The van der Waals surface area contributed by atoms with E-state index < -0.39 is 23.4 Å². The van der Waals surface area contributed by atoms with E-state index in [2.05, 4.69) is 15.6 Å². The van der Waals surface area contributed by atoms with E-state index in [1.54, 1.807) is 6.07 Å². The van der Waals surface area contributed by atoms with Gasteiger partial charge < -0.3 is 15.4 Å². The Kier molecular flexibility index (Phi) is 5.78. The number of carbonyl (C=O) groups excluding carboxylic acids is 1. The molecule has 0 bridgehead atoms. The van der Waals surface area contributed by atoms with Gasteiger partial charge in [-0.25, -0.2) is 13.2 Å². The second-order valence-electron chi connectivity index (χ2n) is 5.80. The lowest BCUT2D eigenvalue weighted by molar-refractivity contribution is 0.0950. The third-order valence-electron chi connectivity index (χ3n) is 3.95. The van der Waals surface area contributed by atoms with Crippen LogP contribution in [0.4, 0.5) is 24.5 Å². The standard InChI is InChI=1S/C20H16F3N3O2/c1-28-17-5-3-2-4-12(17)10-25-20(27)13-8-14(11-24-9-13)26-16-7-6-15(21)18(22)19(16)23/h2-9,11,26H,10H2,1H3,(H,25,27). The Morgan fingerprint density at radius 3 is 2.64 bits per heavy atom. The minimum Gasteiger partial charge on any atom is -0.496 e. The van der Waals surface area contributed by atoms with Gasteiger partial charge in [-0.15, -0.1) is 0 Å². The molecule has 1 amide bonds. The summed E-state index contributed by atoms with van der Waals surface area (Å²) in [7, 11) is 1.54. The number of rotatable bonds is 6. The fraction of sp³-hybridized carbons (Fsp3) is 0.100. The Hall–Kier alpha value is -3.55. The number of para-hydroxylation sites is 1. The first kappa shape index (κ1) is 19.2. The van der Waals surface area contributed by atoms with E-state index >= 15 is 0 Å². The largest absolute Gasteiger partial charge is 0.496 e. The number of ether oxygens (including phenoxy) is 1. The van der Waals surface area contributed by atoms with Crippen molar-refractivity contribution < 1.29 is 22.7 Å². The average molecular weight is 387 g/mol. The zero-order chi connectivity index (χ0) is 20.1. The summed E-state index contributed by atoms with van der Waals surface area (Å²) in [4.78, 5) is 16.3. The van der Waals surface area contributed by atoms with Gasteiger partial charge in [0, 0.05) is 18.3 Å². The maximum atomic E-state index is 13.8. The lowest BCUT2D eigenvalue weighted by atomic mass is 10.2. The zero-order valence-electron chi connectivity index (χ0n) is 14.8. The fourth-order valence-corrected chi connectivity index (χ4v) is 2.54. The third-order valence-corrected chi connectivity index (χ3v) is 3.95. The fourth-order valence-electron chi connectivity index (χ4n) is 2.54. The number of nitrogens with zero attached hydrogens (tertiary/aromatic N) is 1. The number of halogens is 3. The highest BCUT2D eigenvalue weighted by Crippen LogP contribution is 2.23. The summed E-state index contributed by atoms with van der Waals surface area (Å²) in [5, 5.41) is 5.32. The van der Waals surface area contributed by atoms with Crippen molar-refractivity contribution in [2.75, 3.05) is 12.4 Å². The minimum absolute atomic E-state index is 0.211. The van der Waals surface area contributed by atoms with Gasteiger partial charge in [0.15, 0.2) is 17.5 Å². The predicted octanol–water partition coefficient (Wildman–Crippen LogP) is 4.18. The molecule has 0 unspecified atom stereocenters. The number of hydrogen-bond acceptors (Lipinski definition) is 4. The molecule has 0 aliphatic rings. The molecule has 144 valence electrons. The van der Waals surface area contributed by atoms with E-state index in [1.807, 2.05) is 18.2 Å². The second-order valence-corrected chi connectivity index (χ2v) is 5.80. The number of pyridine rings is 1. The molecule has 2 N–H and O–H groups in total. The zero-order valence-corrected chi connectivity index (χ0v) is 14.8. The number of nitrogens with one attached hydrogen (secondary N) is 2. The van der Waals surface area contributed by atoms with Crippen molar-refractivity contribution in [1.82, 2.24) is 10.3 Å². The molecule has 0 fully saturated rings. The van der Waals surface area contributed by atoms with Crippen LogP contribution in [0.5, 0.6) is 5.75 Å². The van der Waals surface area contributed by atoms with E-state index in [1.165, 1.54) is 25.6 Å². The monoisotopic (exact) mass is 387 g/mol. The van der Waals surface area contributed by atoms with E-state index in [0.717, 1.165) is 17.7 Å². The van der Waals surface area contributed by atoms with Crippen molar-refractivity contribution >= 4 is 17.3 Å². The van der Waals surface area contributed by atoms with Crippen LogP contribution in [-0.4, -0.2) is 18.0 Å². The molecule has 3 aromatic rings. The van der Waals surface area contributed by atoms with Crippen LogP contribution < -0.4 is 15.4 Å². The number of anilines is 2. The molecule has 0 saturated carbocycles. The Bertz CT molecular complexity index is 1010. The average Bonchev–Trinajstić information content (AvgIpc) is 2.73. The predicted molar refractivity (Wildman–Crippen MR) is 98.0 cm³/mol. The molecule has 5 nitrogen and oxygen atoms in total. The van der Waals surface area contributed by atoms with Gasteiger partial charge in [-0.2, -0.15) is 0 Å². The molecular formula is C20H16F3N3O2. The first-order valence-corrected chi connectivity index (χ1v) is 8.25. The quantitative estimate of drug-likeness (QED) is 0.623. The summed E-state index contributed by atoms with van der Waals surface area (Å²) < 4.78 is 45.4. The van der Waals surface area contributed by atoms with Crippen LogP contribution in [0.3, 0.4) is 0 Å². The van der Waals surface area contributed by atoms with Gasteiger partial charge >= 0.3 is 0 Å². The van der Waals surface area contributed by atoms with Gasteiger partial charge in [0.2, 0.25) is 0 Å². The Morgan fingerprint density at radius 1 is 1.07 bits per heavy atom. The molecular weight excluding hydrogens is 371 g/mol.